The van der Waals surface area contributed by atoms with Crippen LogP contribution in [0.1, 0.15) is 28.9 Å². The van der Waals surface area contributed by atoms with Gasteiger partial charge in [0.2, 0.25) is 5.89 Å². The van der Waals surface area contributed by atoms with E-state index in [1.807, 2.05) is 29.2 Å². The van der Waals surface area contributed by atoms with Crippen LogP contribution in [0.5, 0.6) is 5.75 Å². The number of methoxy groups -OCH3 is 1. The van der Waals surface area contributed by atoms with Gasteiger partial charge in [0.15, 0.2) is 0 Å². The van der Waals surface area contributed by atoms with Crippen molar-refractivity contribution in [2.24, 2.45) is 0 Å². The molecule has 0 spiro atoms. The molecule has 2 heterocycles. The Morgan fingerprint density at radius 2 is 1.78 bits per heavy atom. The molecule has 166 valence electrons. The predicted octanol–water partition coefficient (Wildman–Crippen LogP) is 3.95. The van der Waals surface area contributed by atoms with Gasteiger partial charge in [-0.05, 0) is 61.4 Å². The molecule has 3 amide bonds. The summed E-state index contributed by atoms with van der Waals surface area (Å²) in [5.74, 6) is 1.33. The molecule has 4 rings (SSSR count). The second-order valence-electron chi connectivity index (χ2n) is 7.58. The van der Waals surface area contributed by atoms with Gasteiger partial charge in [-0.1, -0.05) is 0 Å². The second-order valence-corrected chi connectivity index (χ2v) is 7.58. The van der Waals surface area contributed by atoms with Gasteiger partial charge in [0.05, 0.1) is 12.8 Å². The number of oxazole rings is 1. The minimum Gasteiger partial charge on any atom is -0.497 e. The number of carbonyl (C=O) groups excluding carboxylic acids is 2. The summed E-state index contributed by atoms with van der Waals surface area (Å²) in [4.78, 5) is 30.9. The van der Waals surface area contributed by atoms with Gasteiger partial charge in [-0.2, -0.15) is 0 Å². The van der Waals surface area contributed by atoms with Crippen molar-refractivity contribution in [1.29, 1.82) is 0 Å². The van der Waals surface area contributed by atoms with Crippen LogP contribution in [0, 0.1) is 0 Å². The van der Waals surface area contributed by atoms with Crippen molar-refractivity contribution < 1.29 is 18.7 Å². The highest BCUT2D eigenvalue weighted by Gasteiger charge is 2.19. The molecule has 1 aromatic heterocycles. The number of benzene rings is 2. The van der Waals surface area contributed by atoms with Crippen molar-refractivity contribution in [3.8, 4) is 17.2 Å². The number of nitrogens with one attached hydrogen (secondary N) is 2. The quantitative estimate of drug-likeness (QED) is 0.587. The molecule has 3 aromatic rings. The van der Waals surface area contributed by atoms with E-state index < -0.39 is 0 Å². The third-order valence-corrected chi connectivity index (χ3v) is 5.34. The molecule has 32 heavy (non-hydrogen) atoms. The number of hydrogen-bond acceptors (Lipinski definition) is 5. The summed E-state index contributed by atoms with van der Waals surface area (Å²) in [6.45, 7) is 2.04. The number of amides is 3. The average Bonchev–Trinajstić information content (AvgIpc) is 3.52. The van der Waals surface area contributed by atoms with Gasteiger partial charge >= 0.3 is 6.03 Å². The fourth-order valence-corrected chi connectivity index (χ4v) is 3.57. The first-order chi connectivity index (χ1) is 15.6. The highest BCUT2D eigenvalue weighted by atomic mass is 16.5. The Labute approximate surface area is 186 Å². The summed E-state index contributed by atoms with van der Waals surface area (Å²) in [7, 11) is 1.62. The highest BCUT2D eigenvalue weighted by Crippen LogP contribution is 2.22. The lowest BCUT2D eigenvalue weighted by Crippen LogP contribution is -2.30. The Balaban J connectivity index is 1.23. The van der Waals surface area contributed by atoms with Crippen LogP contribution in [0.2, 0.25) is 0 Å². The minimum absolute atomic E-state index is 0.0418. The molecular weight excluding hydrogens is 408 g/mol. The van der Waals surface area contributed by atoms with Crippen LogP contribution in [0.15, 0.2) is 59.2 Å². The molecule has 2 N–H and O–H groups in total. The molecule has 1 aliphatic rings. The van der Waals surface area contributed by atoms with E-state index in [2.05, 4.69) is 15.6 Å². The fraction of sp³-hybridized carbons (Fsp3) is 0.292. The number of carbonyl (C=O) groups is 2. The van der Waals surface area contributed by atoms with E-state index in [4.69, 9.17) is 9.15 Å². The summed E-state index contributed by atoms with van der Waals surface area (Å²) in [6, 6.07) is 14.1. The van der Waals surface area contributed by atoms with E-state index in [1.54, 1.807) is 37.6 Å². The maximum atomic E-state index is 12.4. The Hall–Kier alpha value is -3.81. The first-order valence-corrected chi connectivity index (χ1v) is 10.7. The monoisotopic (exact) mass is 434 g/mol. The third kappa shape index (κ3) is 5.26. The molecule has 8 heteroatoms. The summed E-state index contributed by atoms with van der Waals surface area (Å²) in [5.41, 5.74) is 2.87. The van der Waals surface area contributed by atoms with Crippen molar-refractivity contribution >= 4 is 17.6 Å². The van der Waals surface area contributed by atoms with Crippen molar-refractivity contribution in [2.45, 2.75) is 19.3 Å². The number of hydrogen-bond donors (Lipinski definition) is 2. The summed E-state index contributed by atoms with van der Waals surface area (Å²) >= 11 is 0. The smallest absolute Gasteiger partial charge is 0.319 e. The van der Waals surface area contributed by atoms with E-state index in [9.17, 15) is 9.59 Å². The first-order valence-electron chi connectivity index (χ1n) is 10.7. The van der Waals surface area contributed by atoms with E-state index in [1.165, 1.54) is 0 Å². The molecule has 1 aliphatic heterocycles. The molecule has 0 unspecified atom stereocenters. The third-order valence-electron chi connectivity index (χ3n) is 5.34. The van der Waals surface area contributed by atoms with Crippen LogP contribution in [0.4, 0.5) is 10.5 Å². The molecular formula is C24H26N4O4. The lowest BCUT2D eigenvalue weighted by atomic mass is 10.2. The number of ether oxygens (including phenoxy) is 1. The standard InChI is InChI=1S/C24H26N4O4/c1-31-21-10-6-17(7-11-21)22-26-20(16-32-22)12-13-25-24(30)27-19-8-4-18(5-9-19)23(29)28-14-2-3-15-28/h4-11,16H,2-3,12-15H2,1H3,(H2,25,27,30). The Morgan fingerprint density at radius 3 is 2.47 bits per heavy atom. The topological polar surface area (TPSA) is 96.7 Å². The summed E-state index contributed by atoms with van der Waals surface area (Å²) in [6.07, 6.45) is 4.25. The number of nitrogens with zero attached hydrogens (tertiary/aromatic N) is 2. The Bertz CT molecular complexity index is 1050. The zero-order valence-corrected chi connectivity index (χ0v) is 18.0. The van der Waals surface area contributed by atoms with Crippen LogP contribution in [0.25, 0.3) is 11.5 Å². The highest BCUT2D eigenvalue weighted by molar-refractivity contribution is 5.95. The van der Waals surface area contributed by atoms with Crippen LogP contribution in [-0.2, 0) is 6.42 Å². The summed E-state index contributed by atoms with van der Waals surface area (Å²) in [5, 5.41) is 5.58. The normalized spacial score (nSPS) is 13.1. The van der Waals surface area contributed by atoms with Crippen molar-refractivity contribution in [3.05, 3.63) is 66.1 Å². The first kappa shape index (κ1) is 21.4. The SMILES string of the molecule is COc1ccc(-c2nc(CCNC(=O)Nc3ccc(C(=O)N4CCCC4)cc3)co2)cc1. The number of aromatic nitrogens is 1. The summed E-state index contributed by atoms with van der Waals surface area (Å²) < 4.78 is 10.7. The van der Waals surface area contributed by atoms with Crippen LogP contribution < -0.4 is 15.4 Å². The van der Waals surface area contributed by atoms with Gasteiger partial charge in [-0.15, -0.1) is 0 Å². The number of rotatable bonds is 7. The fourth-order valence-electron chi connectivity index (χ4n) is 3.57. The molecule has 1 saturated heterocycles. The van der Waals surface area contributed by atoms with Crippen molar-refractivity contribution in [1.82, 2.24) is 15.2 Å². The van der Waals surface area contributed by atoms with Crippen molar-refractivity contribution in [3.63, 3.8) is 0 Å². The number of urea groups is 1. The zero-order valence-electron chi connectivity index (χ0n) is 18.0. The maximum absolute atomic E-state index is 12.4. The lowest BCUT2D eigenvalue weighted by molar-refractivity contribution is 0.0793. The zero-order chi connectivity index (χ0) is 22.3. The second kappa shape index (κ2) is 10.00. The van der Waals surface area contributed by atoms with Gasteiger partial charge < -0.3 is 24.7 Å². The average molecular weight is 434 g/mol. The van der Waals surface area contributed by atoms with Crippen LogP contribution >= 0.6 is 0 Å². The van der Waals surface area contributed by atoms with Gasteiger partial charge in [0, 0.05) is 42.9 Å². The Morgan fingerprint density at radius 1 is 1.06 bits per heavy atom. The molecule has 0 aliphatic carbocycles. The predicted molar refractivity (Wildman–Crippen MR) is 121 cm³/mol. The van der Waals surface area contributed by atoms with Gasteiger partial charge in [0.25, 0.3) is 5.91 Å². The van der Waals surface area contributed by atoms with Gasteiger partial charge in [-0.3, -0.25) is 4.79 Å². The Kier molecular flexibility index (Phi) is 6.69. The number of anilines is 1. The van der Waals surface area contributed by atoms with E-state index in [0.717, 1.165) is 42.9 Å². The lowest BCUT2D eigenvalue weighted by Gasteiger charge is -2.15. The molecule has 8 nitrogen and oxygen atoms in total. The molecule has 0 saturated carbocycles. The molecule has 2 aromatic carbocycles. The van der Waals surface area contributed by atoms with E-state index >= 15 is 0 Å². The van der Waals surface area contributed by atoms with Gasteiger partial charge in [-0.25, -0.2) is 9.78 Å². The van der Waals surface area contributed by atoms with Gasteiger partial charge in [0.1, 0.15) is 12.0 Å². The maximum Gasteiger partial charge on any atom is 0.319 e. The molecule has 1 fully saturated rings. The number of likely N-dealkylation sites (tertiary alicyclic amines) is 1. The van der Waals surface area contributed by atoms with E-state index in [0.29, 0.717) is 30.1 Å². The van der Waals surface area contributed by atoms with Crippen LogP contribution in [0.3, 0.4) is 0 Å². The minimum atomic E-state index is -0.317. The largest absolute Gasteiger partial charge is 0.497 e. The molecule has 0 atom stereocenters. The molecule has 0 bridgehead atoms. The van der Waals surface area contributed by atoms with Crippen LogP contribution in [-0.4, -0.2) is 48.6 Å². The van der Waals surface area contributed by atoms with E-state index in [-0.39, 0.29) is 11.9 Å². The molecule has 0 radical (unpaired) electrons. The van der Waals surface area contributed by atoms with Crippen molar-refractivity contribution in [2.75, 3.05) is 32.1 Å².